The van der Waals surface area contributed by atoms with Crippen LogP contribution in [0.1, 0.15) is 26.2 Å². The van der Waals surface area contributed by atoms with Gasteiger partial charge in [-0.15, -0.1) is 0 Å². The Bertz CT molecular complexity index is 149. The minimum atomic E-state index is 0.946. The van der Waals surface area contributed by atoms with E-state index >= 15 is 0 Å². The zero-order valence-electron chi connectivity index (χ0n) is 8.76. The Morgan fingerprint density at radius 3 is 2.62 bits per heavy atom. The third kappa shape index (κ3) is 2.68. The van der Waals surface area contributed by atoms with E-state index in [0.29, 0.717) is 0 Å². The first-order valence-corrected chi connectivity index (χ1v) is 5.77. The Hall–Kier alpha value is -0.0800. The maximum Gasteiger partial charge on any atom is 0.00107 e. The van der Waals surface area contributed by atoms with E-state index in [0.717, 1.165) is 11.8 Å². The summed E-state index contributed by atoms with van der Waals surface area (Å²) in [6, 6.07) is 0. The lowest BCUT2D eigenvalue weighted by Crippen LogP contribution is -2.35. The highest BCUT2D eigenvalue weighted by atomic mass is 15.1. The zero-order valence-corrected chi connectivity index (χ0v) is 8.76. The van der Waals surface area contributed by atoms with Gasteiger partial charge in [0, 0.05) is 13.1 Å². The smallest absolute Gasteiger partial charge is 0.00107 e. The summed E-state index contributed by atoms with van der Waals surface area (Å²) in [7, 11) is 0. The maximum atomic E-state index is 3.43. The number of hydrogen-bond donors (Lipinski definition) is 1. The topological polar surface area (TPSA) is 15.3 Å². The fourth-order valence-electron chi connectivity index (χ4n) is 2.62. The highest BCUT2D eigenvalue weighted by Gasteiger charge is 2.22. The average molecular weight is 182 g/mol. The molecule has 2 rings (SSSR count). The average Bonchev–Trinajstić information content (AvgIpc) is 2.53. The quantitative estimate of drug-likeness (QED) is 0.693. The second kappa shape index (κ2) is 4.43. The van der Waals surface area contributed by atoms with Crippen LogP contribution in [0.4, 0.5) is 0 Å². The summed E-state index contributed by atoms with van der Waals surface area (Å²) >= 11 is 0. The van der Waals surface area contributed by atoms with Crippen molar-refractivity contribution in [3.63, 3.8) is 0 Å². The number of nitrogens with zero attached hydrogens (tertiary/aromatic N) is 1. The van der Waals surface area contributed by atoms with Crippen LogP contribution in [0.15, 0.2) is 0 Å². The van der Waals surface area contributed by atoms with Crippen molar-refractivity contribution in [2.75, 3.05) is 32.7 Å². The monoisotopic (exact) mass is 182 g/mol. The second-order valence-electron chi connectivity index (χ2n) is 4.85. The maximum absolute atomic E-state index is 3.43. The molecule has 0 aromatic rings. The van der Waals surface area contributed by atoms with E-state index in [1.807, 2.05) is 0 Å². The van der Waals surface area contributed by atoms with Gasteiger partial charge in [-0.25, -0.2) is 0 Å². The highest BCUT2D eigenvalue weighted by Crippen LogP contribution is 2.19. The normalized spacial score (nSPS) is 32.5. The molecule has 0 unspecified atom stereocenters. The molecule has 0 bridgehead atoms. The molecule has 0 saturated carbocycles. The molecule has 1 N–H and O–H groups in total. The van der Waals surface area contributed by atoms with Gasteiger partial charge >= 0.3 is 0 Å². The Balaban J connectivity index is 1.71. The van der Waals surface area contributed by atoms with Crippen LogP contribution in [0, 0.1) is 11.8 Å². The highest BCUT2D eigenvalue weighted by molar-refractivity contribution is 4.77. The SMILES string of the molecule is C[C@@H]1CCN(CC2CCNCC2)C1. The largest absolute Gasteiger partial charge is 0.317 e. The van der Waals surface area contributed by atoms with Crippen LogP contribution in [-0.2, 0) is 0 Å². The van der Waals surface area contributed by atoms with Crippen molar-refractivity contribution < 1.29 is 0 Å². The molecule has 0 aromatic heterocycles. The van der Waals surface area contributed by atoms with Gasteiger partial charge in [-0.05, 0) is 50.7 Å². The summed E-state index contributed by atoms with van der Waals surface area (Å²) in [6.07, 6.45) is 4.21. The molecule has 0 aromatic carbocycles. The number of likely N-dealkylation sites (tertiary alicyclic amines) is 1. The van der Waals surface area contributed by atoms with Crippen molar-refractivity contribution in [2.24, 2.45) is 11.8 Å². The second-order valence-corrected chi connectivity index (χ2v) is 4.85. The first-order chi connectivity index (χ1) is 6.34. The fourth-order valence-corrected chi connectivity index (χ4v) is 2.62. The van der Waals surface area contributed by atoms with E-state index in [4.69, 9.17) is 0 Å². The third-order valence-electron chi connectivity index (χ3n) is 3.48. The van der Waals surface area contributed by atoms with Gasteiger partial charge in [-0.1, -0.05) is 6.92 Å². The van der Waals surface area contributed by atoms with Gasteiger partial charge in [-0.3, -0.25) is 0 Å². The van der Waals surface area contributed by atoms with Gasteiger partial charge in [0.05, 0.1) is 0 Å². The van der Waals surface area contributed by atoms with E-state index in [9.17, 15) is 0 Å². The van der Waals surface area contributed by atoms with Crippen LogP contribution in [0.3, 0.4) is 0 Å². The molecule has 2 heterocycles. The summed E-state index contributed by atoms with van der Waals surface area (Å²) in [5, 5.41) is 3.43. The van der Waals surface area contributed by atoms with E-state index in [-0.39, 0.29) is 0 Å². The van der Waals surface area contributed by atoms with Crippen molar-refractivity contribution >= 4 is 0 Å². The molecule has 2 aliphatic rings. The molecule has 2 saturated heterocycles. The molecule has 2 nitrogen and oxygen atoms in total. The van der Waals surface area contributed by atoms with Crippen LogP contribution in [0.2, 0.25) is 0 Å². The molecule has 2 heteroatoms. The molecule has 0 aliphatic carbocycles. The third-order valence-corrected chi connectivity index (χ3v) is 3.48. The summed E-state index contributed by atoms with van der Waals surface area (Å²) in [5.41, 5.74) is 0. The van der Waals surface area contributed by atoms with E-state index in [1.165, 1.54) is 52.0 Å². The molecule has 0 amide bonds. The summed E-state index contributed by atoms with van der Waals surface area (Å²) in [5.74, 6) is 1.92. The number of hydrogen-bond acceptors (Lipinski definition) is 2. The molecule has 0 radical (unpaired) electrons. The van der Waals surface area contributed by atoms with Crippen LogP contribution in [0.25, 0.3) is 0 Å². The van der Waals surface area contributed by atoms with Crippen LogP contribution in [0.5, 0.6) is 0 Å². The minimum Gasteiger partial charge on any atom is -0.317 e. The first-order valence-electron chi connectivity index (χ1n) is 5.77. The summed E-state index contributed by atoms with van der Waals surface area (Å²) in [6.45, 7) is 8.94. The van der Waals surface area contributed by atoms with Gasteiger partial charge in [0.2, 0.25) is 0 Å². The lowest BCUT2D eigenvalue weighted by Gasteiger charge is -2.27. The van der Waals surface area contributed by atoms with Crippen molar-refractivity contribution in [3.8, 4) is 0 Å². The molecule has 0 spiro atoms. The van der Waals surface area contributed by atoms with Gasteiger partial charge in [0.1, 0.15) is 0 Å². The first kappa shape index (κ1) is 9.47. The summed E-state index contributed by atoms with van der Waals surface area (Å²) in [4.78, 5) is 2.67. The van der Waals surface area contributed by atoms with E-state index < -0.39 is 0 Å². The Morgan fingerprint density at radius 2 is 2.00 bits per heavy atom. The van der Waals surface area contributed by atoms with Crippen LogP contribution >= 0.6 is 0 Å². The predicted octanol–water partition coefficient (Wildman–Crippen LogP) is 1.33. The molecular formula is C11H22N2. The number of rotatable bonds is 2. The molecular weight excluding hydrogens is 160 g/mol. The lowest BCUT2D eigenvalue weighted by molar-refractivity contribution is 0.236. The molecule has 2 fully saturated rings. The molecule has 2 aliphatic heterocycles. The Kier molecular flexibility index (Phi) is 3.23. The fraction of sp³-hybridized carbons (Fsp3) is 1.00. The number of nitrogens with one attached hydrogen (secondary N) is 1. The Morgan fingerprint density at radius 1 is 1.23 bits per heavy atom. The van der Waals surface area contributed by atoms with Gasteiger partial charge in [0.15, 0.2) is 0 Å². The number of piperidine rings is 1. The standard InChI is InChI=1S/C11H22N2/c1-10-4-7-13(8-10)9-11-2-5-12-6-3-11/h10-12H,2-9H2,1H3/t10-/m1/s1. The van der Waals surface area contributed by atoms with E-state index in [1.54, 1.807) is 0 Å². The van der Waals surface area contributed by atoms with Gasteiger partial charge < -0.3 is 10.2 Å². The van der Waals surface area contributed by atoms with Gasteiger partial charge in [0.25, 0.3) is 0 Å². The lowest BCUT2D eigenvalue weighted by atomic mass is 9.98. The van der Waals surface area contributed by atoms with Crippen LogP contribution in [-0.4, -0.2) is 37.6 Å². The predicted molar refractivity (Wildman–Crippen MR) is 55.8 cm³/mol. The molecule has 13 heavy (non-hydrogen) atoms. The van der Waals surface area contributed by atoms with E-state index in [2.05, 4.69) is 17.1 Å². The van der Waals surface area contributed by atoms with Crippen molar-refractivity contribution in [3.05, 3.63) is 0 Å². The van der Waals surface area contributed by atoms with Crippen molar-refractivity contribution in [1.29, 1.82) is 0 Å². The van der Waals surface area contributed by atoms with Gasteiger partial charge in [-0.2, -0.15) is 0 Å². The Labute approximate surface area is 81.7 Å². The van der Waals surface area contributed by atoms with Crippen molar-refractivity contribution in [1.82, 2.24) is 10.2 Å². The molecule has 1 atom stereocenters. The molecule has 76 valence electrons. The summed E-state index contributed by atoms with van der Waals surface area (Å²) < 4.78 is 0. The zero-order chi connectivity index (χ0) is 9.10. The van der Waals surface area contributed by atoms with Crippen LogP contribution < -0.4 is 5.32 Å². The minimum absolute atomic E-state index is 0.946. The van der Waals surface area contributed by atoms with Crippen molar-refractivity contribution in [2.45, 2.75) is 26.2 Å².